The van der Waals surface area contributed by atoms with E-state index in [9.17, 15) is 0 Å². The zero-order valence-corrected chi connectivity index (χ0v) is 14.2. The molecule has 3 nitrogen and oxygen atoms in total. The Labute approximate surface area is 131 Å². The number of aryl methyl sites for hydroxylation is 1. The molecule has 1 heterocycles. The number of nitrogens with zero attached hydrogens (tertiary/aromatic N) is 2. The molecule has 114 valence electrons. The summed E-state index contributed by atoms with van der Waals surface area (Å²) in [4.78, 5) is 0. The maximum atomic E-state index is 4.25. The molecule has 1 N–H and O–H groups in total. The van der Waals surface area contributed by atoms with Crippen LogP contribution in [0, 0.1) is 5.92 Å². The zero-order valence-electron chi connectivity index (χ0n) is 13.4. The average molecular weight is 303 g/mol. The maximum Gasteiger partial charge on any atom is 0.206 e. The largest absolute Gasteiger partial charge is 0.354 e. The Morgan fingerprint density at radius 1 is 1.10 bits per heavy atom. The second-order valence-electron chi connectivity index (χ2n) is 5.96. The van der Waals surface area contributed by atoms with Crippen LogP contribution in [0.2, 0.25) is 0 Å². The van der Waals surface area contributed by atoms with Crippen LogP contribution >= 0.6 is 11.3 Å². The summed E-state index contributed by atoms with van der Waals surface area (Å²) in [6, 6.07) is 9.11. The summed E-state index contributed by atoms with van der Waals surface area (Å²) in [5, 5.41) is 14.0. The third-order valence-corrected chi connectivity index (χ3v) is 4.28. The van der Waals surface area contributed by atoms with Gasteiger partial charge < -0.3 is 5.32 Å². The Morgan fingerprint density at radius 3 is 2.43 bits per heavy atom. The Hall–Kier alpha value is -1.42. The predicted octanol–water partition coefficient (Wildman–Crippen LogP) is 4.86. The van der Waals surface area contributed by atoms with E-state index in [0.29, 0.717) is 5.92 Å². The minimum atomic E-state index is 0.250. The topological polar surface area (TPSA) is 37.8 Å². The van der Waals surface area contributed by atoms with Gasteiger partial charge in [0.05, 0.1) is 6.04 Å². The molecule has 0 saturated carbocycles. The first-order valence-electron chi connectivity index (χ1n) is 7.76. The molecule has 4 heteroatoms. The van der Waals surface area contributed by atoms with Crippen molar-refractivity contribution in [3.8, 4) is 0 Å². The summed E-state index contributed by atoms with van der Waals surface area (Å²) in [6.07, 6.45) is 3.34. The van der Waals surface area contributed by atoms with Crippen molar-refractivity contribution in [1.82, 2.24) is 10.2 Å². The van der Waals surface area contributed by atoms with Crippen LogP contribution in [0.1, 0.15) is 56.3 Å². The van der Waals surface area contributed by atoms with Gasteiger partial charge in [0.15, 0.2) is 0 Å². The Bertz CT molecular complexity index is 545. The van der Waals surface area contributed by atoms with Gasteiger partial charge in [-0.1, -0.05) is 62.8 Å². The molecule has 1 aromatic heterocycles. The molecule has 0 amide bonds. The predicted molar refractivity (Wildman–Crippen MR) is 90.9 cm³/mol. The molecule has 0 radical (unpaired) electrons. The third kappa shape index (κ3) is 4.81. The van der Waals surface area contributed by atoms with E-state index < -0.39 is 0 Å². The molecule has 2 aromatic rings. The normalized spacial score (nSPS) is 12.6. The van der Waals surface area contributed by atoms with Crippen molar-refractivity contribution < 1.29 is 0 Å². The van der Waals surface area contributed by atoms with Gasteiger partial charge in [-0.25, -0.2) is 0 Å². The van der Waals surface area contributed by atoms with Crippen LogP contribution in [0.5, 0.6) is 0 Å². The number of aromatic nitrogens is 2. The first kappa shape index (κ1) is 16.0. The minimum Gasteiger partial charge on any atom is -0.354 e. The van der Waals surface area contributed by atoms with E-state index >= 15 is 0 Å². The number of nitrogens with one attached hydrogen (secondary N) is 1. The van der Waals surface area contributed by atoms with Crippen LogP contribution in [0.4, 0.5) is 5.13 Å². The van der Waals surface area contributed by atoms with Gasteiger partial charge in [0.1, 0.15) is 5.01 Å². The highest BCUT2D eigenvalue weighted by Crippen LogP contribution is 2.24. The van der Waals surface area contributed by atoms with Crippen molar-refractivity contribution in [3.63, 3.8) is 0 Å². The van der Waals surface area contributed by atoms with Crippen molar-refractivity contribution in [2.75, 3.05) is 5.32 Å². The Balaban J connectivity index is 1.96. The first-order valence-corrected chi connectivity index (χ1v) is 8.58. The van der Waals surface area contributed by atoms with E-state index in [4.69, 9.17) is 0 Å². The van der Waals surface area contributed by atoms with Crippen LogP contribution in [0.15, 0.2) is 24.3 Å². The Kier molecular flexibility index (Phi) is 5.74. The number of anilines is 1. The maximum absolute atomic E-state index is 4.25. The van der Waals surface area contributed by atoms with E-state index in [2.05, 4.69) is 67.5 Å². The minimum absolute atomic E-state index is 0.250. The first-order chi connectivity index (χ1) is 10.1. The van der Waals surface area contributed by atoms with E-state index in [1.165, 1.54) is 17.5 Å². The van der Waals surface area contributed by atoms with Gasteiger partial charge in [0.25, 0.3) is 0 Å². The molecule has 0 aliphatic carbocycles. The van der Waals surface area contributed by atoms with Gasteiger partial charge in [0, 0.05) is 6.42 Å². The SMILES string of the molecule is CCCc1ccc(C(C)Nc2nnc(CC(C)C)s2)cc1. The molecule has 0 bridgehead atoms. The van der Waals surface area contributed by atoms with Gasteiger partial charge in [-0.15, -0.1) is 10.2 Å². The molecular formula is C17H25N3S. The van der Waals surface area contributed by atoms with Crippen LogP contribution in [-0.4, -0.2) is 10.2 Å². The van der Waals surface area contributed by atoms with E-state index in [1.54, 1.807) is 11.3 Å². The van der Waals surface area contributed by atoms with Crippen molar-refractivity contribution in [2.24, 2.45) is 5.92 Å². The van der Waals surface area contributed by atoms with E-state index in [-0.39, 0.29) is 6.04 Å². The average Bonchev–Trinajstić information content (AvgIpc) is 2.86. The van der Waals surface area contributed by atoms with Gasteiger partial charge >= 0.3 is 0 Å². The lowest BCUT2D eigenvalue weighted by molar-refractivity contribution is 0.640. The third-order valence-electron chi connectivity index (χ3n) is 3.41. The summed E-state index contributed by atoms with van der Waals surface area (Å²) in [5.41, 5.74) is 2.69. The molecule has 0 spiro atoms. The van der Waals surface area contributed by atoms with Crippen molar-refractivity contribution in [2.45, 2.75) is 53.0 Å². The van der Waals surface area contributed by atoms with Gasteiger partial charge in [-0.05, 0) is 30.4 Å². The summed E-state index contributed by atoms with van der Waals surface area (Å²) in [7, 11) is 0. The Morgan fingerprint density at radius 2 is 1.81 bits per heavy atom. The standard InChI is InChI=1S/C17H25N3S/c1-5-6-14-7-9-15(10-8-14)13(4)18-17-20-19-16(21-17)11-12(2)3/h7-10,12-13H,5-6,11H2,1-4H3,(H,18,20). The fourth-order valence-electron chi connectivity index (χ4n) is 2.27. The summed E-state index contributed by atoms with van der Waals surface area (Å²) in [6.45, 7) is 8.78. The summed E-state index contributed by atoms with van der Waals surface area (Å²) in [5.74, 6) is 0.620. The molecule has 1 aromatic carbocycles. The summed E-state index contributed by atoms with van der Waals surface area (Å²) < 4.78 is 0. The second-order valence-corrected chi connectivity index (χ2v) is 7.02. The number of benzene rings is 1. The zero-order chi connectivity index (χ0) is 15.2. The van der Waals surface area contributed by atoms with Crippen molar-refractivity contribution >= 4 is 16.5 Å². The number of rotatable bonds is 7. The lowest BCUT2D eigenvalue weighted by Gasteiger charge is -2.13. The fraction of sp³-hybridized carbons (Fsp3) is 0.529. The van der Waals surface area contributed by atoms with Gasteiger partial charge in [-0.2, -0.15) is 0 Å². The van der Waals surface area contributed by atoms with Crippen molar-refractivity contribution in [3.05, 3.63) is 40.4 Å². The quantitative estimate of drug-likeness (QED) is 0.793. The fourth-order valence-corrected chi connectivity index (χ4v) is 3.31. The summed E-state index contributed by atoms with van der Waals surface area (Å²) >= 11 is 1.66. The number of hydrogen-bond donors (Lipinski definition) is 1. The highest BCUT2D eigenvalue weighted by Gasteiger charge is 2.10. The molecule has 0 aliphatic rings. The highest BCUT2D eigenvalue weighted by atomic mass is 32.1. The van der Waals surface area contributed by atoms with E-state index in [1.807, 2.05) is 0 Å². The molecule has 0 saturated heterocycles. The second kappa shape index (κ2) is 7.55. The number of hydrogen-bond acceptors (Lipinski definition) is 4. The van der Waals surface area contributed by atoms with Crippen LogP contribution < -0.4 is 5.32 Å². The molecule has 2 rings (SSSR count). The van der Waals surface area contributed by atoms with E-state index in [0.717, 1.165) is 23.0 Å². The molecule has 0 aliphatic heterocycles. The molecule has 21 heavy (non-hydrogen) atoms. The van der Waals surface area contributed by atoms with Gasteiger partial charge in [-0.3, -0.25) is 0 Å². The molecule has 0 fully saturated rings. The lowest BCUT2D eigenvalue weighted by atomic mass is 10.0. The highest BCUT2D eigenvalue weighted by molar-refractivity contribution is 7.15. The van der Waals surface area contributed by atoms with Crippen molar-refractivity contribution in [1.29, 1.82) is 0 Å². The van der Waals surface area contributed by atoms with Crippen LogP contribution in [0.25, 0.3) is 0 Å². The molecule has 1 atom stereocenters. The molecular weight excluding hydrogens is 278 g/mol. The van der Waals surface area contributed by atoms with Crippen LogP contribution in [-0.2, 0) is 12.8 Å². The van der Waals surface area contributed by atoms with Crippen LogP contribution in [0.3, 0.4) is 0 Å². The smallest absolute Gasteiger partial charge is 0.206 e. The molecule has 1 unspecified atom stereocenters. The lowest BCUT2D eigenvalue weighted by Crippen LogP contribution is -2.06. The van der Waals surface area contributed by atoms with Gasteiger partial charge in [0.2, 0.25) is 5.13 Å². The monoisotopic (exact) mass is 303 g/mol.